The van der Waals surface area contributed by atoms with Crippen molar-refractivity contribution in [2.45, 2.75) is 18.9 Å². The lowest BCUT2D eigenvalue weighted by atomic mass is 10.1. The van der Waals surface area contributed by atoms with Gasteiger partial charge in [0.1, 0.15) is 5.52 Å². The molecule has 1 aromatic heterocycles. The van der Waals surface area contributed by atoms with Crippen LogP contribution in [0.1, 0.15) is 18.0 Å². The monoisotopic (exact) mass is 419 g/mol. The largest absolute Gasteiger partial charge is 0.238 e. The number of rotatable bonds is 5. The van der Waals surface area contributed by atoms with E-state index in [-0.39, 0.29) is 6.04 Å². The quantitative estimate of drug-likeness (QED) is 0.523. The van der Waals surface area contributed by atoms with Gasteiger partial charge < -0.3 is 0 Å². The summed E-state index contributed by atoms with van der Waals surface area (Å²) < 4.78 is 3.92. The van der Waals surface area contributed by atoms with Crippen LogP contribution in [0.25, 0.3) is 11.0 Å². The van der Waals surface area contributed by atoms with Gasteiger partial charge in [0, 0.05) is 8.95 Å². The summed E-state index contributed by atoms with van der Waals surface area (Å²) in [5.41, 5.74) is 3.21. The molecule has 0 aliphatic heterocycles. The lowest BCUT2D eigenvalue weighted by Crippen LogP contribution is -2.09. The Bertz CT molecular complexity index is 796. The van der Waals surface area contributed by atoms with E-state index in [2.05, 4.69) is 73.0 Å². The number of halogens is 2. The average Bonchev–Trinajstić information content (AvgIpc) is 2.92. The molecule has 0 N–H and O–H groups in total. The van der Waals surface area contributed by atoms with Crippen LogP contribution in [0.5, 0.6) is 0 Å². The molecule has 0 saturated heterocycles. The molecule has 0 fully saturated rings. The summed E-state index contributed by atoms with van der Waals surface area (Å²) in [5, 5.41) is 8.57. The maximum atomic E-state index is 4.31. The number of fused-ring (bicyclic) bond motifs is 1. The highest BCUT2D eigenvalue weighted by Crippen LogP contribution is 2.29. The van der Waals surface area contributed by atoms with Crippen molar-refractivity contribution < 1.29 is 0 Å². The van der Waals surface area contributed by atoms with Crippen molar-refractivity contribution in [3.8, 4) is 0 Å². The molecule has 3 nitrogen and oxygen atoms in total. The van der Waals surface area contributed by atoms with Gasteiger partial charge in [-0.05, 0) is 62.4 Å². The summed E-state index contributed by atoms with van der Waals surface area (Å²) in [4.78, 5) is 0. The Morgan fingerprint density at radius 3 is 2.59 bits per heavy atom. The highest BCUT2D eigenvalue weighted by atomic mass is 79.9. The van der Waals surface area contributed by atoms with Crippen LogP contribution in [0.4, 0.5) is 0 Å². The first kappa shape index (κ1) is 15.4. The minimum Gasteiger partial charge on any atom is -0.238 e. The van der Waals surface area contributed by atoms with Crippen LogP contribution in [0.3, 0.4) is 0 Å². The van der Waals surface area contributed by atoms with E-state index in [1.165, 1.54) is 5.56 Å². The second-order valence-electron chi connectivity index (χ2n) is 5.12. The van der Waals surface area contributed by atoms with Gasteiger partial charge in [0.15, 0.2) is 0 Å². The van der Waals surface area contributed by atoms with Gasteiger partial charge in [0.2, 0.25) is 0 Å². The third-order valence-corrected chi connectivity index (χ3v) is 5.52. The van der Waals surface area contributed by atoms with Gasteiger partial charge in [-0.2, -0.15) is 0 Å². The standard InChI is InChI=1S/C17H15Br2N3/c1-2-13(9-8-12-6-4-3-5-7-12)22-17-11-15(19)14(18)10-16(17)20-21-22/h2-7,10-11,13H,1,8-9H2/t13-/m1/s1. The molecule has 0 saturated carbocycles. The molecule has 0 aliphatic rings. The molecule has 1 atom stereocenters. The van der Waals surface area contributed by atoms with Crippen molar-refractivity contribution in [2.75, 3.05) is 0 Å². The van der Waals surface area contributed by atoms with Gasteiger partial charge >= 0.3 is 0 Å². The lowest BCUT2D eigenvalue weighted by molar-refractivity contribution is 0.504. The molecular weight excluding hydrogens is 406 g/mol. The van der Waals surface area contributed by atoms with E-state index in [4.69, 9.17) is 0 Å². The summed E-state index contributed by atoms with van der Waals surface area (Å²) in [6, 6.07) is 14.6. The van der Waals surface area contributed by atoms with Crippen LogP contribution in [-0.4, -0.2) is 15.0 Å². The van der Waals surface area contributed by atoms with Crippen LogP contribution in [0.2, 0.25) is 0 Å². The second-order valence-corrected chi connectivity index (χ2v) is 6.83. The number of benzene rings is 2. The van der Waals surface area contributed by atoms with Crippen molar-refractivity contribution in [3.63, 3.8) is 0 Å². The van der Waals surface area contributed by atoms with Gasteiger partial charge in [-0.1, -0.05) is 41.6 Å². The van der Waals surface area contributed by atoms with Crippen molar-refractivity contribution in [1.82, 2.24) is 15.0 Å². The number of aromatic nitrogens is 3. The van der Waals surface area contributed by atoms with Crippen LogP contribution >= 0.6 is 31.9 Å². The average molecular weight is 421 g/mol. The molecule has 3 rings (SSSR count). The van der Waals surface area contributed by atoms with Crippen molar-refractivity contribution in [3.05, 3.63) is 69.6 Å². The minimum atomic E-state index is 0.123. The van der Waals surface area contributed by atoms with E-state index in [0.717, 1.165) is 32.8 Å². The summed E-state index contributed by atoms with van der Waals surface area (Å²) >= 11 is 7.04. The number of hydrogen-bond donors (Lipinski definition) is 0. The Morgan fingerprint density at radius 2 is 1.86 bits per heavy atom. The van der Waals surface area contributed by atoms with Gasteiger partial charge in [0.05, 0.1) is 11.6 Å². The Morgan fingerprint density at radius 1 is 1.14 bits per heavy atom. The minimum absolute atomic E-state index is 0.123. The highest BCUT2D eigenvalue weighted by molar-refractivity contribution is 9.13. The molecule has 0 aliphatic carbocycles. The van der Waals surface area contributed by atoms with Crippen LogP contribution < -0.4 is 0 Å². The molecule has 0 radical (unpaired) electrons. The third-order valence-electron chi connectivity index (χ3n) is 3.67. The zero-order valence-corrected chi connectivity index (χ0v) is 15.1. The first-order chi connectivity index (χ1) is 10.7. The van der Waals surface area contributed by atoms with Gasteiger partial charge in [-0.25, -0.2) is 4.68 Å². The molecule has 0 amide bonds. The zero-order valence-electron chi connectivity index (χ0n) is 11.9. The van der Waals surface area contributed by atoms with E-state index in [9.17, 15) is 0 Å². The molecule has 22 heavy (non-hydrogen) atoms. The predicted octanol–water partition coefficient (Wildman–Crippen LogP) is 5.32. The fourth-order valence-electron chi connectivity index (χ4n) is 2.48. The van der Waals surface area contributed by atoms with E-state index < -0.39 is 0 Å². The molecule has 112 valence electrons. The molecule has 5 heteroatoms. The molecule has 0 bridgehead atoms. The normalized spacial score (nSPS) is 12.5. The SMILES string of the molecule is C=C[C@H](CCc1ccccc1)n1nnc2cc(Br)c(Br)cc21. The van der Waals surface area contributed by atoms with Crippen LogP contribution in [0.15, 0.2) is 64.1 Å². The smallest absolute Gasteiger partial charge is 0.114 e. The molecule has 2 aromatic carbocycles. The Labute approximate surface area is 146 Å². The first-order valence-electron chi connectivity index (χ1n) is 7.05. The number of aryl methyl sites for hydroxylation is 1. The zero-order chi connectivity index (χ0) is 15.5. The topological polar surface area (TPSA) is 30.7 Å². The Kier molecular flexibility index (Phi) is 4.74. The van der Waals surface area contributed by atoms with Crippen molar-refractivity contribution in [1.29, 1.82) is 0 Å². The maximum Gasteiger partial charge on any atom is 0.114 e. The molecule has 0 unspecified atom stereocenters. The van der Waals surface area contributed by atoms with E-state index in [1.807, 2.05) is 29.0 Å². The first-order valence-corrected chi connectivity index (χ1v) is 8.64. The number of allylic oxidation sites excluding steroid dienone is 1. The number of nitrogens with zero attached hydrogens (tertiary/aromatic N) is 3. The number of hydrogen-bond acceptors (Lipinski definition) is 2. The van der Waals surface area contributed by atoms with Gasteiger partial charge in [-0.15, -0.1) is 11.7 Å². The molecule has 3 aromatic rings. The van der Waals surface area contributed by atoms with Crippen LogP contribution in [-0.2, 0) is 6.42 Å². The Balaban J connectivity index is 1.87. The maximum absolute atomic E-state index is 4.31. The van der Waals surface area contributed by atoms with Crippen molar-refractivity contribution >= 4 is 42.9 Å². The molecule has 1 heterocycles. The summed E-state index contributed by atoms with van der Waals surface area (Å²) in [5.74, 6) is 0. The van der Waals surface area contributed by atoms with E-state index >= 15 is 0 Å². The van der Waals surface area contributed by atoms with Gasteiger partial charge in [-0.3, -0.25) is 0 Å². The molecule has 0 spiro atoms. The van der Waals surface area contributed by atoms with Crippen LogP contribution in [0, 0.1) is 0 Å². The second kappa shape index (κ2) is 6.75. The van der Waals surface area contributed by atoms with Crippen molar-refractivity contribution in [2.24, 2.45) is 0 Å². The highest BCUT2D eigenvalue weighted by Gasteiger charge is 2.14. The lowest BCUT2D eigenvalue weighted by Gasteiger charge is -2.13. The van der Waals surface area contributed by atoms with Gasteiger partial charge in [0.25, 0.3) is 0 Å². The Hall–Kier alpha value is -1.46. The summed E-state index contributed by atoms with van der Waals surface area (Å²) in [7, 11) is 0. The fraction of sp³-hybridized carbons (Fsp3) is 0.176. The van der Waals surface area contributed by atoms with E-state index in [0.29, 0.717) is 0 Å². The van der Waals surface area contributed by atoms with E-state index in [1.54, 1.807) is 0 Å². The summed E-state index contributed by atoms with van der Waals surface area (Å²) in [6.45, 7) is 3.97. The third kappa shape index (κ3) is 3.15. The molecular formula is C17H15Br2N3. The fourth-order valence-corrected chi connectivity index (χ4v) is 3.14. The predicted molar refractivity (Wildman–Crippen MR) is 96.9 cm³/mol. The summed E-state index contributed by atoms with van der Waals surface area (Å²) in [6.07, 6.45) is 3.86.